The number of aliphatic carboxylic acids is 1. The lowest BCUT2D eigenvalue weighted by Gasteiger charge is -2.27. The van der Waals surface area contributed by atoms with Gasteiger partial charge < -0.3 is 10.0 Å². The number of carboxylic acids is 1. The first-order valence-corrected chi connectivity index (χ1v) is 4.71. The van der Waals surface area contributed by atoms with Crippen molar-refractivity contribution in [2.45, 2.75) is 19.9 Å². The maximum absolute atomic E-state index is 10.8. The molecule has 1 aromatic rings. The van der Waals surface area contributed by atoms with Crippen LogP contribution in [-0.4, -0.2) is 23.7 Å². The maximum Gasteiger partial charge on any atom is 0.326 e. The average molecular weight is 193 g/mol. The Bertz CT molecular complexity index is 297. The number of likely N-dealkylation sites (N-methyl/N-ethyl adjacent to an activating group) is 1. The zero-order chi connectivity index (χ0) is 10.6. The van der Waals surface area contributed by atoms with Crippen molar-refractivity contribution < 1.29 is 9.90 Å². The van der Waals surface area contributed by atoms with Crippen LogP contribution in [0, 0.1) is 0 Å². The smallest absolute Gasteiger partial charge is 0.326 e. The predicted molar refractivity (Wildman–Crippen MR) is 56.6 cm³/mol. The molecule has 0 amide bonds. The summed E-state index contributed by atoms with van der Waals surface area (Å²) in [4.78, 5) is 12.7. The van der Waals surface area contributed by atoms with Gasteiger partial charge >= 0.3 is 5.97 Å². The van der Waals surface area contributed by atoms with Gasteiger partial charge in [-0.05, 0) is 26.0 Å². The molecule has 0 aliphatic rings. The average Bonchev–Trinajstić information content (AvgIpc) is 2.20. The third kappa shape index (κ3) is 2.25. The van der Waals surface area contributed by atoms with E-state index in [1.165, 1.54) is 0 Å². The van der Waals surface area contributed by atoms with Gasteiger partial charge in [-0.25, -0.2) is 4.79 Å². The summed E-state index contributed by atoms with van der Waals surface area (Å²) in [6.45, 7) is 4.34. The minimum absolute atomic E-state index is 0.484. The Labute approximate surface area is 84.0 Å². The number of nitrogens with zero attached hydrogens (tertiary/aromatic N) is 1. The molecule has 3 heteroatoms. The number of benzene rings is 1. The molecule has 0 aromatic heterocycles. The van der Waals surface area contributed by atoms with Gasteiger partial charge in [0.2, 0.25) is 0 Å². The molecular weight excluding hydrogens is 178 g/mol. The number of carbonyl (C=O) groups is 1. The highest BCUT2D eigenvalue weighted by atomic mass is 16.4. The van der Waals surface area contributed by atoms with Gasteiger partial charge in [0.15, 0.2) is 0 Å². The molecule has 0 unspecified atom stereocenters. The number of anilines is 1. The van der Waals surface area contributed by atoms with Crippen LogP contribution in [0.25, 0.3) is 0 Å². The van der Waals surface area contributed by atoms with Gasteiger partial charge in [-0.2, -0.15) is 0 Å². The number of rotatable bonds is 4. The lowest BCUT2D eigenvalue weighted by Crippen LogP contribution is -2.38. The number of hydrogen-bond acceptors (Lipinski definition) is 2. The van der Waals surface area contributed by atoms with Gasteiger partial charge in [-0.3, -0.25) is 0 Å². The van der Waals surface area contributed by atoms with Crippen LogP contribution in [0.3, 0.4) is 0 Å². The minimum Gasteiger partial charge on any atom is -0.480 e. The molecule has 1 aromatic carbocycles. The summed E-state index contributed by atoms with van der Waals surface area (Å²) < 4.78 is 0. The molecular formula is C11H15NO2. The van der Waals surface area contributed by atoms with Crippen molar-refractivity contribution in [3.63, 3.8) is 0 Å². The largest absolute Gasteiger partial charge is 0.480 e. The molecule has 1 rings (SSSR count). The fourth-order valence-corrected chi connectivity index (χ4v) is 1.43. The SMILES string of the molecule is CCN(c1ccccc1)[C@@H](C)C(=O)O. The van der Waals surface area contributed by atoms with Crippen LogP contribution in [-0.2, 0) is 4.79 Å². The van der Waals surface area contributed by atoms with Crippen LogP contribution in [0.1, 0.15) is 13.8 Å². The first kappa shape index (κ1) is 10.6. The van der Waals surface area contributed by atoms with E-state index in [0.29, 0.717) is 6.54 Å². The van der Waals surface area contributed by atoms with E-state index in [9.17, 15) is 4.79 Å². The summed E-state index contributed by atoms with van der Waals surface area (Å²) in [6, 6.07) is 9.09. The fourth-order valence-electron chi connectivity index (χ4n) is 1.43. The molecule has 0 saturated carbocycles. The molecule has 76 valence electrons. The van der Waals surface area contributed by atoms with Crippen LogP contribution < -0.4 is 4.90 Å². The molecule has 0 radical (unpaired) electrons. The molecule has 1 atom stereocenters. The van der Waals surface area contributed by atoms with E-state index in [-0.39, 0.29) is 0 Å². The van der Waals surface area contributed by atoms with Gasteiger partial charge in [0.05, 0.1) is 0 Å². The third-order valence-electron chi connectivity index (χ3n) is 2.25. The lowest BCUT2D eigenvalue weighted by atomic mass is 10.2. The third-order valence-corrected chi connectivity index (χ3v) is 2.25. The Balaban J connectivity index is 2.87. The Morgan fingerprint density at radius 1 is 1.43 bits per heavy atom. The Morgan fingerprint density at radius 2 is 2.00 bits per heavy atom. The normalized spacial score (nSPS) is 12.1. The van der Waals surface area contributed by atoms with Crippen LogP contribution in [0.5, 0.6) is 0 Å². The maximum atomic E-state index is 10.8. The molecule has 3 nitrogen and oxygen atoms in total. The molecule has 1 N–H and O–H groups in total. The van der Waals surface area contributed by atoms with Crippen molar-refractivity contribution in [2.24, 2.45) is 0 Å². The van der Waals surface area contributed by atoms with Gasteiger partial charge in [0.1, 0.15) is 6.04 Å². The molecule has 0 aliphatic heterocycles. The van der Waals surface area contributed by atoms with Gasteiger partial charge in [-0.15, -0.1) is 0 Å². The van der Waals surface area contributed by atoms with Crippen LogP contribution >= 0.6 is 0 Å². The zero-order valence-corrected chi connectivity index (χ0v) is 8.47. The summed E-state index contributed by atoms with van der Waals surface area (Å²) in [5.74, 6) is -0.796. The van der Waals surface area contributed by atoms with E-state index in [1.807, 2.05) is 42.2 Å². The Hall–Kier alpha value is -1.51. The molecule has 14 heavy (non-hydrogen) atoms. The lowest BCUT2D eigenvalue weighted by molar-refractivity contribution is -0.138. The van der Waals surface area contributed by atoms with Crippen molar-refractivity contribution in [2.75, 3.05) is 11.4 Å². The zero-order valence-electron chi connectivity index (χ0n) is 8.47. The van der Waals surface area contributed by atoms with Crippen molar-refractivity contribution in [3.8, 4) is 0 Å². The summed E-state index contributed by atoms with van der Waals surface area (Å²) in [5, 5.41) is 8.90. The van der Waals surface area contributed by atoms with Gasteiger partial charge in [-0.1, -0.05) is 18.2 Å². The van der Waals surface area contributed by atoms with E-state index in [0.717, 1.165) is 5.69 Å². The monoisotopic (exact) mass is 193 g/mol. The summed E-state index contributed by atoms with van der Waals surface area (Å²) in [5.41, 5.74) is 0.949. The predicted octanol–water partition coefficient (Wildman–Crippen LogP) is 1.99. The molecule has 0 bridgehead atoms. The quantitative estimate of drug-likeness (QED) is 0.795. The van der Waals surface area contributed by atoms with E-state index in [1.54, 1.807) is 6.92 Å². The first-order chi connectivity index (χ1) is 6.66. The van der Waals surface area contributed by atoms with Crippen molar-refractivity contribution in [3.05, 3.63) is 30.3 Å². The standard InChI is InChI=1S/C11H15NO2/c1-3-12(9(2)11(13)14)10-7-5-4-6-8-10/h4-9H,3H2,1-2H3,(H,13,14)/t9-/m0/s1. The summed E-state index contributed by atoms with van der Waals surface area (Å²) >= 11 is 0. The van der Waals surface area contributed by atoms with E-state index >= 15 is 0 Å². The number of hydrogen-bond donors (Lipinski definition) is 1. The molecule has 0 spiro atoms. The van der Waals surface area contributed by atoms with Crippen LogP contribution in [0.4, 0.5) is 5.69 Å². The van der Waals surface area contributed by atoms with Gasteiger partial charge in [0.25, 0.3) is 0 Å². The summed E-state index contributed by atoms with van der Waals surface area (Å²) in [6.07, 6.45) is 0. The molecule has 0 saturated heterocycles. The number of para-hydroxylation sites is 1. The second-order valence-corrected chi connectivity index (χ2v) is 3.14. The van der Waals surface area contributed by atoms with E-state index < -0.39 is 12.0 Å². The second-order valence-electron chi connectivity index (χ2n) is 3.14. The second kappa shape index (κ2) is 4.65. The molecule has 0 aliphatic carbocycles. The first-order valence-electron chi connectivity index (χ1n) is 4.71. The Kier molecular flexibility index (Phi) is 3.51. The highest BCUT2D eigenvalue weighted by molar-refractivity contribution is 5.77. The minimum atomic E-state index is -0.796. The fraction of sp³-hybridized carbons (Fsp3) is 0.364. The van der Waals surface area contributed by atoms with Crippen molar-refractivity contribution in [1.82, 2.24) is 0 Å². The topological polar surface area (TPSA) is 40.5 Å². The number of carboxylic acid groups (broad SMARTS) is 1. The van der Waals surface area contributed by atoms with Crippen molar-refractivity contribution in [1.29, 1.82) is 0 Å². The van der Waals surface area contributed by atoms with E-state index in [4.69, 9.17) is 5.11 Å². The Morgan fingerprint density at radius 3 is 2.43 bits per heavy atom. The van der Waals surface area contributed by atoms with Crippen molar-refractivity contribution >= 4 is 11.7 Å². The highest BCUT2D eigenvalue weighted by Crippen LogP contribution is 2.15. The highest BCUT2D eigenvalue weighted by Gasteiger charge is 2.18. The van der Waals surface area contributed by atoms with E-state index in [2.05, 4.69) is 0 Å². The molecule has 0 heterocycles. The van der Waals surface area contributed by atoms with Gasteiger partial charge in [0, 0.05) is 12.2 Å². The summed E-state index contributed by atoms with van der Waals surface area (Å²) in [7, 11) is 0. The molecule has 0 fully saturated rings. The van der Waals surface area contributed by atoms with Crippen LogP contribution in [0.15, 0.2) is 30.3 Å². The van der Waals surface area contributed by atoms with Crippen LogP contribution in [0.2, 0.25) is 0 Å².